The van der Waals surface area contributed by atoms with Crippen molar-refractivity contribution in [3.8, 4) is 0 Å². The van der Waals surface area contributed by atoms with Gasteiger partial charge in [-0.05, 0) is 24.5 Å². The van der Waals surface area contributed by atoms with Crippen LogP contribution < -0.4 is 33.2 Å². The summed E-state index contributed by atoms with van der Waals surface area (Å²) in [6.07, 6.45) is 1.44. The highest BCUT2D eigenvalue weighted by Crippen LogP contribution is 2.19. The molecule has 3 unspecified atom stereocenters. The van der Waals surface area contributed by atoms with Crippen LogP contribution in [0.1, 0.15) is 24.8 Å². The number of para-hydroxylation sites is 1. The molecule has 2 aromatic rings. The molecule has 15 heteroatoms. The van der Waals surface area contributed by atoms with E-state index in [-0.39, 0.29) is 25.3 Å². The van der Waals surface area contributed by atoms with E-state index in [0.29, 0.717) is 12.0 Å². The third kappa shape index (κ3) is 9.42. The number of aromatic nitrogens is 1. The van der Waals surface area contributed by atoms with Crippen LogP contribution in [0.3, 0.4) is 0 Å². The Kier molecular flexibility index (Phi) is 11.0. The van der Waals surface area contributed by atoms with Crippen LogP contribution in [-0.4, -0.2) is 82.0 Å². The molecule has 0 aliphatic heterocycles. The topological polar surface area (TPSA) is 268 Å². The minimum absolute atomic E-state index is 0.0424. The van der Waals surface area contributed by atoms with Crippen LogP contribution in [0.2, 0.25) is 0 Å². The SMILES string of the molecule is NC(N)=NCCCC(N)C(=O)NCC(=O)NC(Cc1c[nH]c2ccccc12)C(=O)NC(CC(=O)O)C(=O)O. The average Bonchev–Trinajstić information content (AvgIpc) is 3.26. The van der Waals surface area contributed by atoms with Crippen molar-refractivity contribution in [2.75, 3.05) is 13.1 Å². The number of nitrogens with two attached hydrogens (primary N) is 3. The van der Waals surface area contributed by atoms with Gasteiger partial charge in [0, 0.05) is 30.1 Å². The Labute approximate surface area is 217 Å². The van der Waals surface area contributed by atoms with Crippen LogP contribution in [0.15, 0.2) is 35.5 Å². The summed E-state index contributed by atoms with van der Waals surface area (Å²) in [4.78, 5) is 67.0. The Morgan fingerprint density at radius 2 is 1.71 bits per heavy atom. The smallest absolute Gasteiger partial charge is 0.326 e. The van der Waals surface area contributed by atoms with Gasteiger partial charge in [0.1, 0.15) is 12.1 Å². The second-order valence-electron chi connectivity index (χ2n) is 8.45. The van der Waals surface area contributed by atoms with Gasteiger partial charge in [0.2, 0.25) is 17.7 Å². The summed E-state index contributed by atoms with van der Waals surface area (Å²) in [6, 6.07) is 3.31. The van der Waals surface area contributed by atoms with E-state index < -0.39 is 60.8 Å². The molecule has 0 spiro atoms. The van der Waals surface area contributed by atoms with Crippen molar-refractivity contribution in [1.82, 2.24) is 20.9 Å². The summed E-state index contributed by atoms with van der Waals surface area (Å²) in [6.45, 7) is -0.219. The quantitative estimate of drug-likeness (QED) is 0.0674. The zero-order valence-electron chi connectivity index (χ0n) is 20.5. The second kappa shape index (κ2) is 14.2. The lowest BCUT2D eigenvalue weighted by atomic mass is 10.0. The maximum atomic E-state index is 13.0. The number of amides is 3. The third-order valence-electron chi connectivity index (χ3n) is 5.47. The van der Waals surface area contributed by atoms with Crippen molar-refractivity contribution in [1.29, 1.82) is 0 Å². The minimum Gasteiger partial charge on any atom is -0.481 e. The fourth-order valence-electron chi connectivity index (χ4n) is 3.57. The molecule has 0 saturated carbocycles. The molecule has 1 heterocycles. The lowest BCUT2D eigenvalue weighted by Gasteiger charge is -2.21. The van der Waals surface area contributed by atoms with Crippen LogP contribution in [0, 0.1) is 0 Å². The standard InChI is InChI=1S/C23H32N8O7/c24-14(5-3-7-27-23(25)26)20(35)29-11-18(32)30-16(21(36)31-17(22(37)38)9-19(33)34)8-12-10-28-15-6-2-1-4-13(12)15/h1-2,4,6,10,14,16-17,28H,3,5,7-9,11,24H2,(H,29,35)(H,30,32)(H,31,36)(H,33,34)(H,37,38)(H4,25,26,27). The number of nitrogens with one attached hydrogen (secondary N) is 4. The molecular weight excluding hydrogens is 500 g/mol. The molecule has 1 aromatic heterocycles. The Balaban J connectivity index is 2.07. The molecule has 0 fully saturated rings. The van der Waals surface area contributed by atoms with Crippen LogP contribution in [0.25, 0.3) is 10.9 Å². The molecule has 0 aliphatic rings. The van der Waals surface area contributed by atoms with Gasteiger partial charge >= 0.3 is 11.9 Å². The number of carboxylic acids is 2. The number of carboxylic acid groups (broad SMARTS) is 2. The van der Waals surface area contributed by atoms with Crippen LogP contribution in [0.4, 0.5) is 0 Å². The lowest BCUT2D eigenvalue weighted by molar-refractivity contribution is -0.147. The van der Waals surface area contributed by atoms with E-state index in [4.69, 9.17) is 22.3 Å². The summed E-state index contributed by atoms with van der Waals surface area (Å²) in [7, 11) is 0. The highest BCUT2D eigenvalue weighted by atomic mass is 16.4. The number of aromatic amines is 1. The van der Waals surface area contributed by atoms with E-state index in [1.807, 2.05) is 12.1 Å². The van der Waals surface area contributed by atoms with Gasteiger partial charge in [-0.25, -0.2) is 4.79 Å². The number of carbonyl (C=O) groups excluding carboxylic acids is 3. The molecule has 206 valence electrons. The molecule has 38 heavy (non-hydrogen) atoms. The molecule has 12 N–H and O–H groups in total. The highest BCUT2D eigenvalue weighted by Gasteiger charge is 2.29. The van der Waals surface area contributed by atoms with E-state index >= 15 is 0 Å². The number of aliphatic carboxylic acids is 2. The highest BCUT2D eigenvalue weighted by molar-refractivity contribution is 5.94. The van der Waals surface area contributed by atoms with Gasteiger partial charge in [-0.1, -0.05) is 18.2 Å². The summed E-state index contributed by atoms with van der Waals surface area (Å²) < 4.78 is 0. The zero-order chi connectivity index (χ0) is 28.2. The first-order valence-electron chi connectivity index (χ1n) is 11.7. The first kappa shape index (κ1) is 29.6. The second-order valence-corrected chi connectivity index (χ2v) is 8.45. The number of H-pyrrole nitrogens is 1. The van der Waals surface area contributed by atoms with Gasteiger partial charge in [0.25, 0.3) is 0 Å². The van der Waals surface area contributed by atoms with Crippen molar-refractivity contribution in [2.45, 2.75) is 43.8 Å². The number of rotatable bonds is 15. The first-order valence-corrected chi connectivity index (χ1v) is 11.7. The number of fused-ring (bicyclic) bond motifs is 1. The predicted molar refractivity (Wildman–Crippen MR) is 137 cm³/mol. The maximum Gasteiger partial charge on any atom is 0.326 e. The molecule has 3 atom stereocenters. The maximum absolute atomic E-state index is 13.0. The number of guanidine groups is 1. The van der Waals surface area contributed by atoms with E-state index in [9.17, 15) is 29.1 Å². The summed E-state index contributed by atoms with van der Waals surface area (Å²) in [5.41, 5.74) is 17.7. The number of nitrogens with zero attached hydrogens (tertiary/aromatic N) is 1. The fraction of sp³-hybridized carbons (Fsp3) is 0.391. The minimum atomic E-state index is -1.71. The number of benzene rings is 1. The van der Waals surface area contributed by atoms with Crippen LogP contribution in [0.5, 0.6) is 0 Å². The molecular formula is C23H32N8O7. The van der Waals surface area contributed by atoms with Crippen molar-refractivity contribution >= 4 is 46.5 Å². The Hall–Kier alpha value is -4.66. The van der Waals surface area contributed by atoms with Gasteiger partial charge in [0.05, 0.1) is 19.0 Å². The molecule has 3 amide bonds. The largest absolute Gasteiger partial charge is 0.481 e. The van der Waals surface area contributed by atoms with Gasteiger partial charge in [-0.15, -0.1) is 0 Å². The number of aliphatic imine (C=N–C) groups is 1. The summed E-state index contributed by atoms with van der Waals surface area (Å²) >= 11 is 0. The Morgan fingerprint density at radius 1 is 1.00 bits per heavy atom. The molecule has 0 radical (unpaired) electrons. The van der Waals surface area contributed by atoms with Crippen LogP contribution in [-0.2, 0) is 30.4 Å². The van der Waals surface area contributed by atoms with E-state index in [1.54, 1.807) is 18.3 Å². The zero-order valence-corrected chi connectivity index (χ0v) is 20.5. The summed E-state index contributed by atoms with van der Waals surface area (Å²) in [5, 5.41) is 26.0. The molecule has 0 aliphatic carbocycles. The van der Waals surface area contributed by atoms with Gasteiger partial charge in [0.15, 0.2) is 5.96 Å². The Morgan fingerprint density at radius 3 is 2.37 bits per heavy atom. The number of hydrogen-bond donors (Lipinski definition) is 9. The summed E-state index contributed by atoms with van der Waals surface area (Å²) in [5.74, 6) is -5.29. The molecule has 0 bridgehead atoms. The predicted octanol–water partition coefficient (Wildman–Crippen LogP) is -2.26. The monoisotopic (exact) mass is 532 g/mol. The van der Waals surface area contributed by atoms with Gasteiger partial charge < -0.3 is 48.3 Å². The van der Waals surface area contributed by atoms with Crippen molar-refractivity contribution in [3.63, 3.8) is 0 Å². The van der Waals surface area contributed by atoms with E-state index in [1.165, 1.54) is 0 Å². The lowest BCUT2D eigenvalue weighted by Crippen LogP contribution is -2.54. The molecule has 1 aromatic carbocycles. The van der Waals surface area contributed by atoms with E-state index in [0.717, 1.165) is 10.9 Å². The van der Waals surface area contributed by atoms with Gasteiger partial charge in [-0.2, -0.15) is 0 Å². The fourth-order valence-corrected chi connectivity index (χ4v) is 3.57. The van der Waals surface area contributed by atoms with Crippen LogP contribution >= 0.6 is 0 Å². The normalized spacial score (nSPS) is 13.1. The van der Waals surface area contributed by atoms with Crippen molar-refractivity contribution in [2.24, 2.45) is 22.2 Å². The van der Waals surface area contributed by atoms with Crippen molar-refractivity contribution in [3.05, 3.63) is 36.0 Å². The number of carbonyl (C=O) groups is 5. The molecule has 15 nitrogen and oxygen atoms in total. The molecule has 0 saturated heterocycles. The van der Waals surface area contributed by atoms with Gasteiger partial charge in [-0.3, -0.25) is 24.2 Å². The Bertz CT molecular complexity index is 1190. The molecule has 2 rings (SSSR count). The average molecular weight is 533 g/mol. The first-order chi connectivity index (χ1) is 18.0. The third-order valence-corrected chi connectivity index (χ3v) is 5.47. The van der Waals surface area contributed by atoms with E-state index in [2.05, 4.69) is 25.9 Å². The van der Waals surface area contributed by atoms with Crippen molar-refractivity contribution < 1.29 is 34.2 Å². The number of hydrogen-bond acceptors (Lipinski definition) is 7.